The Kier molecular flexibility index (Phi) is 58.6. The third-order valence-electron chi connectivity index (χ3n) is 14.4. The van der Waals surface area contributed by atoms with Gasteiger partial charge in [0.1, 0.15) is 19.8 Å². The topological polar surface area (TPSA) is 108 Å². The average molecular weight is 1140 g/mol. The van der Waals surface area contributed by atoms with Crippen molar-refractivity contribution in [3.63, 3.8) is 0 Å². The van der Waals surface area contributed by atoms with Crippen molar-refractivity contribution in [3.05, 3.63) is 85.1 Å². The van der Waals surface area contributed by atoms with Crippen molar-refractivity contribution in [1.82, 2.24) is 0 Å². The summed E-state index contributed by atoms with van der Waals surface area (Å²) < 4.78 is 34.6. The first kappa shape index (κ1) is 77.2. The lowest BCUT2D eigenvalue weighted by molar-refractivity contribution is -0.870. The summed E-state index contributed by atoms with van der Waals surface area (Å²) in [6, 6.07) is 0. The maximum atomic E-state index is 12.8. The van der Waals surface area contributed by atoms with Crippen LogP contribution in [0.1, 0.15) is 296 Å². The van der Waals surface area contributed by atoms with Crippen LogP contribution in [-0.4, -0.2) is 74.9 Å². The van der Waals surface area contributed by atoms with Crippen LogP contribution in [0.5, 0.6) is 0 Å². The van der Waals surface area contributed by atoms with E-state index in [1.165, 1.54) is 173 Å². The van der Waals surface area contributed by atoms with Crippen molar-refractivity contribution < 1.29 is 42.1 Å². The first-order valence-electron chi connectivity index (χ1n) is 33.3. The molecule has 10 heteroatoms. The van der Waals surface area contributed by atoms with Gasteiger partial charge in [-0.3, -0.25) is 18.6 Å². The van der Waals surface area contributed by atoms with Gasteiger partial charge in [0.25, 0.3) is 0 Å². The smallest absolute Gasteiger partial charge is 0.462 e. The highest BCUT2D eigenvalue weighted by Gasteiger charge is 2.27. The Bertz CT molecular complexity index is 1630. The molecule has 0 fully saturated rings. The zero-order valence-electron chi connectivity index (χ0n) is 52.8. The molecule has 0 aromatic heterocycles. The van der Waals surface area contributed by atoms with Gasteiger partial charge in [0, 0.05) is 12.8 Å². The summed E-state index contributed by atoms with van der Waals surface area (Å²) >= 11 is 0. The number of allylic oxidation sites excluding steroid dienone is 14. The van der Waals surface area contributed by atoms with Crippen LogP contribution in [0.4, 0.5) is 0 Å². The number of nitrogens with zero attached hydrogens (tertiary/aromatic N) is 1. The van der Waals surface area contributed by atoms with E-state index in [9.17, 15) is 19.0 Å². The van der Waals surface area contributed by atoms with E-state index in [1.54, 1.807) is 0 Å². The number of rotatable bonds is 61. The summed E-state index contributed by atoms with van der Waals surface area (Å²) in [5.74, 6) is -0.800. The Balaban J connectivity index is 3.92. The number of hydrogen-bond acceptors (Lipinski definition) is 7. The van der Waals surface area contributed by atoms with Gasteiger partial charge < -0.3 is 18.9 Å². The molecule has 0 aliphatic rings. The first-order chi connectivity index (χ1) is 39.0. The summed E-state index contributed by atoms with van der Waals surface area (Å²) in [6.45, 7) is 4.23. The van der Waals surface area contributed by atoms with Crippen LogP contribution in [0.2, 0.25) is 0 Å². The molecule has 2 unspecified atom stereocenters. The highest BCUT2D eigenvalue weighted by Crippen LogP contribution is 2.43. The summed E-state index contributed by atoms with van der Waals surface area (Å²) in [7, 11) is 1.48. The second-order valence-corrected chi connectivity index (χ2v) is 24.9. The Morgan fingerprint density at radius 2 is 0.675 bits per heavy atom. The van der Waals surface area contributed by atoms with Crippen molar-refractivity contribution in [2.75, 3.05) is 47.5 Å². The lowest BCUT2D eigenvalue weighted by Gasteiger charge is -2.24. The first-order valence-corrected chi connectivity index (χ1v) is 34.8. The molecule has 1 N–H and O–H groups in total. The van der Waals surface area contributed by atoms with Gasteiger partial charge in [-0.2, -0.15) is 0 Å². The Morgan fingerprint density at radius 3 is 1.00 bits per heavy atom. The van der Waals surface area contributed by atoms with E-state index >= 15 is 0 Å². The van der Waals surface area contributed by atoms with Gasteiger partial charge in [-0.05, 0) is 83.5 Å². The number of phosphoric acid groups is 1. The molecule has 0 amide bonds. The molecule has 9 nitrogen and oxygen atoms in total. The standard InChI is InChI=1S/C70H126NO8P/c1-6-8-10-12-14-16-18-20-22-24-25-26-27-28-29-30-31-32-33-34-35-36-37-38-39-40-41-42-43-44-45-47-49-51-53-55-57-59-61-63-70(73)79-68(67-78-80(74,75)77-65-64-71(3,4)5)66-76-69(72)62-60-58-56-54-52-50-48-46-23-21-19-17-15-13-11-9-7-2/h8-11,14-17,20-23,25-26,68H,6-7,12-13,18-19,24,27-67H2,1-5H3/p+1/b10-8-,11-9-,16-14-,17-15-,22-20-,23-21-,26-25-. The summed E-state index contributed by atoms with van der Waals surface area (Å²) in [4.78, 5) is 35.7. The molecule has 0 rings (SSSR count). The van der Waals surface area contributed by atoms with Crippen LogP contribution in [0, 0.1) is 0 Å². The number of carbonyl (C=O) groups is 2. The van der Waals surface area contributed by atoms with E-state index in [4.69, 9.17) is 18.5 Å². The Morgan fingerprint density at radius 1 is 0.388 bits per heavy atom. The third-order valence-corrected chi connectivity index (χ3v) is 15.4. The lowest BCUT2D eigenvalue weighted by atomic mass is 10.0. The van der Waals surface area contributed by atoms with Crippen molar-refractivity contribution in [3.8, 4) is 0 Å². The van der Waals surface area contributed by atoms with Crippen molar-refractivity contribution in [1.29, 1.82) is 0 Å². The van der Waals surface area contributed by atoms with Crippen LogP contribution in [0.3, 0.4) is 0 Å². The molecule has 464 valence electrons. The van der Waals surface area contributed by atoms with Gasteiger partial charge in [0.15, 0.2) is 6.10 Å². The van der Waals surface area contributed by atoms with Crippen LogP contribution < -0.4 is 0 Å². The minimum atomic E-state index is -4.39. The number of likely N-dealkylation sites (N-methyl/N-ethyl adjacent to an activating group) is 1. The minimum Gasteiger partial charge on any atom is -0.462 e. The van der Waals surface area contributed by atoms with Crippen LogP contribution in [-0.2, 0) is 32.7 Å². The Labute approximate surface area is 494 Å². The number of unbranched alkanes of at least 4 members (excludes halogenated alkanes) is 33. The van der Waals surface area contributed by atoms with Crippen molar-refractivity contribution >= 4 is 19.8 Å². The predicted molar refractivity (Wildman–Crippen MR) is 344 cm³/mol. The summed E-state index contributed by atoms with van der Waals surface area (Å²) in [6.07, 6.45) is 82.7. The molecule has 0 saturated carbocycles. The van der Waals surface area contributed by atoms with Crippen LogP contribution >= 0.6 is 7.82 Å². The largest absolute Gasteiger partial charge is 0.472 e. The highest BCUT2D eigenvalue weighted by atomic mass is 31.2. The number of carbonyl (C=O) groups excluding carboxylic acids is 2. The molecular weight excluding hydrogens is 1010 g/mol. The fourth-order valence-corrected chi connectivity index (χ4v) is 10.1. The zero-order chi connectivity index (χ0) is 58.4. The maximum Gasteiger partial charge on any atom is 0.472 e. The van der Waals surface area contributed by atoms with Crippen molar-refractivity contribution in [2.45, 2.75) is 302 Å². The molecule has 0 aromatic carbocycles. The normalized spacial score (nSPS) is 13.7. The third kappa shape index (κ3) is 64.4. The van der Waals surface area contributed by atoms with Gasteiger partial charge in [0.05, 0.1) is 27.7 Å². The van der Waals surface area contributed by atoms with E-state index < -0.39 is 26.5 Å². The molecule has 2 atom stereocenters. The second kappa shape index (κ2) is 60.8. The molecule has 0 aliphatic carbocycles. The molecule has 0 aromatic rings. The number of esters is 2. The second-order valence-electron chi connectivity index (χ2n) is 23.4. The van der Waals surface area contributed by atoms with E-state index in [-0.39, 0.29) is 32.0 Å². The van der Waals surface area contributed by atoms with E-state index in [0.717, 1.165) is 89.9 Å². The number of ether oxygens (including phenoxy) is 2. The molecule has 0 saturated heterocycles. The fraction of sp³-hybridized carbons (Fsp3) is 0.771. The number of hydrogen-bond donors (Lipinski definition) is 1. The molecule has 0 aliphatic heterocycles. The molecule has 0 spiro atoms. The fourth-order valence-electron chi connectivity index (χ4n) is 9.38. The molecule has 80 heavy (non-hydrogen) atoms. The van der Waals surface area contributed by atoms with Gasteiger partial charge in [-0.15, -0.1) is 0 Å². The SMILES string of the molecule is CC/C=C\C/C=C\C/C=C\C/C=C\CCCCCCCCCCCCCCCCCCCCCCCCCCCCC(=O)OC(COC(=O)CCCCCCCCC/C=C\C/C=C\C/C=C\CC)COP(=O)(O)OCC[N+](C)(C)C. The highest BCUT2D eigenvalue weighted by molar-refractivity contribution is 7.47. The number of quaternary nitrogens is 1. The minimum absolute atomic E-state index is 0.0291. The summed E-state index contributed by atoms with van der Waals surface area (Å²) in [5.41, 5.74) is 0. The van der Waals surface area contributed by atoms with Gasteiger partial charge >= 0.3 is 19.8 Å². The number of phosphoric ester groups is 1. The van der Waals surface area contributed by atoms with Gasteiger partial charge in [0.2, 0.25) is 0 Å². The van der Waals surface area contributed by atoms with E-state index in [2.05, 4.69) is 98.9 Å². The van der Waals surface area contributed by atoms with Gasteiger partial charge in [-0.25, -0.2) is 4.57 Å². The van der Waals surface area contributed by atoms with Gasteiger partial charge in [-0.1, -0.05) is 285 Å². The average Bonchev–Trinajstić information content (AvgIpc) is 3.42. The molecule has 0 heterocycles. The quantitative estimate of drug-likeness (QED) is 0.0211. The molecule has 0 radical (unpaired) electrons. The lowest BCUT2D eigenvalue weighted by Crippen LogP contribution is -2.37. The van der Waals surface area contributed by atoms with E-state index in [1.807, 2.05) is 21.1 Å². The Hall–Kier alpha value is -2.81. The van der Waals surface area contributed by atoms with Crippen LogP contribution in [0.25, 0.3) is 0 Å². The zero-order valence-corrected chi connectivity index (χ0v) is 53.7. The van der Waals surface area contributed by atoms with E-state index in [0.29, 0.717) is 17.4 Å². The monoisotopic (exact) mass is 1140 g/mol. The summed E-state index contributed by atoms with van der Waals surface area (Å²) in [5, 5.41) is 0. The maximum absolute atomic E-state index is 12.8. The predicted octanol–water partition coefficient (Wildman–Crippen LogP) is 21.4. The van der Waals surface area contributed by atoms with Crippen molar-refractivity contribution in [2.24, 2.45) is 0 Å². The van der Waals surface area contributed by atoms with Crippen LogP contribution in [0.15, 0.2) is 85.1 Å². The molecule has 0 bridgehead atoms. The molecular formula is C70H127NO8P+.